The Morgan fingerprint density at radius 1 is 0.963 bits per heavy atom. The van der Waals surface area contributed by atoms with Gasteiger partial charge in [0.1, 0.15) is 11.6 Å². The first-order valence-corrected chi connectivity index (χ1v) is 8.97. The number of benzene rings is 2. The van der Waals surface area contributed by atoms with Gasteiger partial charge in [-0.2, -0.15) is 0 Å². The zero-order chi connectivity index (χ0) is 19.1. The molecule has 0 spiro atoms. The van der Waals surface area contributed by atoms with Crippen LogP contribution in [0, 0.1) is 23.5 Å². The monoisotopic (exact) mass is 371 g/mol. The van der Waals surface area contributed by atoms with Crippen molar-refractivity contribution in [1.29, 1.82) is 0 Å². The number of nitrogens with zero attached hydrogens (tertiary/aromatic N) is 1. The summed E-state index contributed by atoms with van der Waals surface area (Å²) in [7, 11) is 0. The van der Waals surface area contributed by atoms with E-state index >= 15 is 0 Å². The van der Waals surface area contributed by atoms with Gasteiger partial charge in [-0.1, -0.05) is 36.4 Å². The number of halogens is 2. The maximum absolute atomic E-state index is 14.0. The maximum atomic E-state index is 14.0. The van der Waals surface area contributed by atoms with Gasteiger partial charge in [0.2, 0.25) is 5.91 Å². The molecule has 1 N–H and O–H groups in total. The summed E-state index contributed by atoms with van der Waals surface area (Å²) in [5.41, 5.74) is 1.25. The molecule has 1 aliphatic heterocycles. The average Bonchev–Trinajstić information content (AvgIpc) is 3.30. The van der Waals surface area contributed by atoms with Gasteiger partial charge in [0.05, 0.1) is 5.92 Å². The molecule has 4 atom stereocenters. The summed E-state index contributed by atoms with van der Waals surface area (Å²) in [4.78, 5) is 26.1. The first-order valence-electron chi connectivity index (χ1n) is 8.97. The zero-order valence-electron chi connectivity index (χ0n) is 14.5. The van der Waals surface area contributed by atoms with Crippen molar-refractivity contribution in [3.8, 4) is 0 Å². The standard InChI is InChI=1S/C21H19F2NO3/c22-13-6-7-14(19(23)8-13)15-9-16(15)20(25)24-10-17(18(11-24)21(26)27)12-4-2-1-3-5-12/h1-8,15-18H,9-11H2,(H,26,27). The molecule has 0 bridgehead atoms. The molecule has 2 aromatic rings. The minimum Gasteiger partial charge on any atom is -0.481 e. The fourth-order valence-corrected chi connectivity index (χ4v) is 4.12. The van der Waals surface area contributed by atoms with Crippen LogP contribution in [0.25, 0.3) is 0 Å². The topological polar surface area (TPSA) is 57.6 Å². The lowest BCUT2D eigenvalue weighted by Gasteiger charge is -2.17. The van der Waals surface area contributed by atoms with Crippen molar-refractivity contribution in [1.82, 2.24) is 4.90 Å². The van der Waals surface area contributed by atoms with Gasteiger partial charge < -0.3 is 10.0 Å². The number of hydrogen-bond donors (Lipinski definition) is 1. The number of amides is 1. The Bertz CT molecular complexity index is 886. The molecule has 4 nitrogen and oxygen atoms in total. The van der Waals surface area contributed by atoms with Crippen LogP contribution in [0.1, 0.15) is 29.4 Å². The van der Waals surface area contributed by atoms with E-state index in [1.807, 2.05) is 30.3 Å². The van der Waals surface area contributed by atoms with Gasteiger partial charge >= 0.3 is 5.97 Å². The number of carbonyl (C=O) groups is 2. The SMILES string of the molecule is O=C(O)C1CN(C(=O)C2CC2c2ccc(F)cc2F)CC1c1ccccc1. The zero-order valence-corrected chi connectivity index (χ0v) is 14.5. The van der Waals surface area contributed by atoms with Crippen molar-refractivity contribution in [2.24, 2.45) is 11.8 Å². The predicted molar refractivity (Wildman–Crippen MR) is 94.1 cm³/mol. The number of hydrogen-bond acceptors (Lipinski definition) is 2. The fourth-order valence-electron chi connectivity index (χ4n) is 4.12. The molecular formula is C21H19F2NO3. The van der Waals surface area contributed by atoms with E-state index in [4.69, 9.17) is 0 Å². The fraction of sp³-hybridized carbons (Fsp3) is 0.333. The van der Waals surface area contributed by atoms with Crippen molar-refractivity contribution < 1.29 is 23.5 Å². The maximum Gasteiger partial charge on any atom is 0.308 e. The Balaban J connectivity index is 1.49. The van der Waals surface area contributed by atoms with E-state index in [0.717, 1.165) is 11.6 Å². The van der Waals surface area contributed by atoms with Crippen molar-refractivity contribution in [3.63, 3.8) is 0 Å². The van der Waals surface area contributed by atoms with E-state index < -0.39 is 23.5 Å². The molecule has 1 aliphatic carbocycles. The summed E-state index contributed by atoms with van der Waals surface area (Å²) >= 11 is 0. The van der Waals surface area contributed by atoms with Crippen LogP contribution in [0.3, 0.4) is 0 Å². The molecule has 1 heterocycles. The molecule has 0 radical (unpaired) electrons. The molecule has 27 heavy (non-hydrogen) atoms. The Labute approximate surface area is 155 Å². The number of carbonyl (C=O) groups excluding carboxylic acids is 1. The van der Waals surface area contributed by atoms with Crippen LogP contribution in [0.15, 0.2) is 48.5 Å². The van der Waals surface area contributed by atoms with Gasteiger partial charge in [-0.15, -0.1) is 0 Å². The van der Waals surface area contributed by atoms with E-state index in [1.165, 1.54) is 12.1 Å². The molecule has 4 rings (SSSR count). The van der Waals surface area contributed by atoms with Crippen molar-refractivity contribution in [3.05, 3.63) is 71.3 Å². The first kappa shape index (κ1) is 17.6. The quantitative estimate of drug-likeness (QED) is 0.896. The lowest BCUT2D eigenvalue weighted by Crippen LogP contribution is -2.31. The van der Waals surface area contributed by atoms with Crippen molar-refractivity contribution in [2.75, 3.05) is 13.1 Å². The predicted octanol–water partition coefficient (Wildman–Crippen LogP) is 3.40. The van der Waals surface area contributed by atoms with Crippen LogP contribution in [0.4, 0.5) is 8.78 Å². The minimum absolute atomic E-state index is 0.145. The van der Waals surface area contributed by atoms with E-state index in [9.17, 15) is 23.5 Å². The Morgan fingerprint density at radius 3 is 2.37 bits per heavy atom. The van der Waals surface area contributed by atoms with Crippen molar-refractivity contribution in [2.45, 2.75) is 18.3 Å². The van der Waals surface area contributed by atoms with E-state index in [2.05, 4.69) is 0 Å². The molecule has 2 aromatic carbocycles. The second-order valence-electron chi connectivity index (χ2n) is 7.32. The summed E-state index contributed by atoms with van der Waals surface area (Å²) in [6, 6.07) is 12.7. The highest BCUT2D eigenvalue weighted by Gasteiger charge is 2.50. The number of aliphatic carboxylic acids is 1. The largest absolute Gasteiger partial charge is 0.481 e. The van der Waals surface area contributed by atoms with Gasteiger partial charge in [0.25, 0.3) is 0 Å². The molecule has 2 fully saturated rings. The highest BCUT2D eigenvalue weighted by Crippen LogP contribution is 2.50. The second kappa shape index (κ2) is 6.76. The van der Waals surface area contributed by atoms with E-state index in [1.54, 1.807) is 4.90 Å². The van der Waals surface area contributed by atoms with Gasteiger partial charge in [0.15, 0.2) is 0 Å². The molecule has 0 aromatic heterocycles. The lowest BCUT2D eigenvalue weighted by molar-refractivity contribution is -0.142. The number of carboxylic acid groups (broad SMARTS) is 1. The van der Waals surface area contributed by atoms with Crippen LogP contribution in [-0.2, 0) is 9.59 Å². The molecule has 1 saturated carbocycles. The van der Waals surface area contributed by atoms with Gasteiger partial charge in [-0.3, -0.25) is 9.59 Å². The summed E-state index contributed by atoms with van der Waals surface area (Å²) in [5.74, 6) is -3.89. The Hall–Kier alpha value is -2.76. The van der Waals surface area contributed by atoms with Crippen LogP contribution in [-0.4, -0.2) is 35.0 Å². The number of carboxylic acids is 1. The van der Waals surface area contributed by atoms with Crippen LogP contribution >= 0.6 is 0 Å². The highest BCUT2D eigenvalue weighted by molar-refractivity contribution is 5.85. The van der Waals surface area contributed by atoms with E-state index in [-0.39, 0.29) is 30.2 Å². The molecular weight excluding hydrogens is 352 g/mol. The smallest absolute Gasteiger partial charge is 0.308 e. The third-order valence-electron chi connectivity index (χ3n) is 5.65. The molecule has 1 amide bonds. The second-order valence-corrected chi connectivity index (χ2v) is 7.32. The Kier molecular flexibility index (Phi) is 4.42. The van der Waals surface area contributed by atoms with Crippen LogP contribution in [0.2, 0.25) is 0 Å². The molecule has 140 valence electrons. The normalized spacial score (nSPS) is 26.8. The first-order chi connectivity index (χ1) is 13.0. The molecule has 6 heteroatoms. The third kappa shape index (κ3) is 3.31. The summed E-state index contributed by atoms with van der Waals surface area (Å²) in [6.07, 6.45) is 0.506. The minimum atomic E-state index is -0.920. The van der Waals surface area contributed by atoms with Gasteiger partial charge in [-0.25, -0.2) is 8.78 Å². The average molecular weight is 371 g/mol. The van der Waals surface area contributed by atoms with Crippen LogP contribution in [0.5, 0.6) is 0 Å². The number of likely N-dealkylation sites (tertiary alicyclic amines) is 1. The molecule has 2 aliphatic rings. The summed E-state index contributed by atoms with van der Waals surface area (Å²) in [5, 5.41) is 9.57. The number of rotatable bonds is 4. The summed E-state index contributed by atoms with van der Waals surface area (Å²) in [6.45, 7) is 0.498. The molecule has 1 saturated heterocycles. The highest BCUT2D eigenvalue weighted by atomic mass is 19.1. The van der Waals surface area contributed by atoms with Gasteiger partial charge in [0, 0.05) is 31.0 Å². The van der Waals surface area contributed by atoms with Gasteiger partial charge in [-0.05, 0) is 29.5 Å². The third-order valence-corrected chi connectivity index (χ3v) is 5.65. The van der Waals surface area contributed by atoms with Crippen LogP contribution < -0.4 is 0 Å². The van der Waals surface area contributed by atoms with Crippen molar-refractivity contribution >= 4 is 11.9 Å². The summed E-state index contributed by atoms with van der Waals surface area (Å²) < 4.78 is 27.0. The molecule has 4 unspecified atom stereocenters. The lowest BCUT2D eigenvalue weighted by atomic mass is 9.89. The van der Waals surface area contributed by atoms with E-state index in [0.29, 0.717) is 18.5 Å². The Morgan fingerprint density at radius 2 is 1.70 bits per heavy atom.